The summed E-state index contributed by atoms with van der Waals surface area (Å²) in [7, 11) is 0. The first-order valence-electron chi connectivity index (χ1n) is 8.73. The molecule has 2 N–H and O–H groups in total. The van der Waals surface area contributed by atoms with Crippen molar-refractivity contribution in [3.63, 3.8) is 0 Å². The van der Waals surface area contributed by atoms with Gasteiger partial charge in [-0.05, 0) is 30.9 Å². The number of amides is 1. The Morgan fingerprint density at radius 1 is 1.46 bits per heavy atom. The topological polar surface area (TPSA) is 87.1 Å². The zero-order chi connectivity index (χ0) is 17.9. The third-order valence-corrected chi connectivity index (χ3v) is 4.85. The predicted molar refractivity (Wildman–Crippen MR) is 99.0 cm³/mol. The Kier molecular flexibility index (Phi) is 4.79. The lowest BCUT2D eigenvalue weighted by Crippen LogP contribution is -2.38. The van der Waals surface area contributed by atoms with E-state index in [0.717, 1.165) is 37.3 Å². The molecule has 0 spiro atoms. The summed E-state index contributed by atoms with van der Waals surface area (Å²) in [5.41, 5.74) is 1.48. The molecule has 136 valence electrons. The minimum Gasteiger partial charge on any atom is -0.423 e. The number of H-pyrrole nitrogens is 1. The molecule has 1 fully saturated rings. The number of nitrogens with zero attached hydrogens (tertiary/aromatic N) is 3. The number of rotatable bonds is 5. The molecule has 0 bridgehead atoms. The van der Waals surface area contributed by atoms with Gasteiger partial charge in [-0.1, -0.05) is 11.6 Å². The van der Waals surface area contributed by atoms with Crippen LogP contribution in [0.5, 0.6) is 0 Å². The van der Waals surface area contributed by atoms with Crippen molar-refractivity contribution in [2.45, 2.75) is 25.8 Å². The summed E-state index contributed by atoms with van der Waals surface area (Å²) in [5, 5.41) is 3.54. The Morgan fingerprint density at radius 2 is 2.38 bits per heavy atom. The molecule has 1 aliphatic heterocycles. The van der Waals surface area contributed by atoms with E-state index in [1.54, 1.807) is 24.5 Å². The van der Waals surface area contributed by atoms with Gasteiger partial charge in [-0.15, -0.1) is 0 Å². The standard InChI is InChI=1S/C18H20ClN5O2/c19-13-3-4-14-15(9-13)26-18(23-14)24-7-1-2-12(11-24)8-17(25)22-10-16-20-5-6-21-16/h3-6,9,12H,1-2,7-8,10-11H2,(H,20,21)(H,22,25). The maximum absolute atomic E-state index is 12.2. The predicted octanol–water partition coefficient (Wildman–Crippen LogP) is 3.13. The Balaban J connectivity index is 1.36. The van der Waals surface area contributed by atoms with Crippen molar-refractivity contribution in [3.05, 3.63) is 41.4 Å². The van der Waals surface area contributed by atoms with E-state index in [9.17, 15) is 4.79 Å². The monoisotopic (exact) mass is 373 g/mol. The van der Waals surface area contributed by atoms with Gasteiger partial charge in [0.25, 0.3) is 6.01 Å². The minimum atomic E-state index is 0.0394. The van der Waals surface area contributed by atoms with E-state index >= 15 is 0 Å². The van der Waals surface area contributed by atoms with E-state index < -0.39 is 0 Å². The molecule has 26 heavy (non-hydrogen) atoms. The molecule has 1 aromatic carbocycles. The normalized spacial score (nSPS) is 17.6. The first-order chi connectivity index (χ1) is 12.7. The van der Waals surface area contributed by atoms with Crippen LogP contribution < -0.4 is 10.2 Å². The number of halogens is 1. The number of benzene rings is 1. The molecule has 2 aromatic heterocycles. The van der Waals surface area contributed by atoms with Gasteiger partial charge < -0.3 is 19.6 Å². The van der Waals surface area contributed by atoms with Crippen LogP contribution in [0.4, 0.5) is 6.01 Å². The fourth-order valence-corrected chi connectivity index (χ4v) is 3.50. The number of carbonyl (C=O) groups is 1. The molecule has 1 amide bonds. The van der Waals surface area contributed by atoms with Crippen molar-refractivity contribution in [1.82, 2.24) is 20.3 Å². The first kappa shape index (κ1) is 16.9. The van der Waals surface area contributed by atoms with Gasteiger partial charge >= 0.3 is 0 Å². The van der Waals surface area contributed by atoms with Gasteiger partial charge in [0.15, 0.2) is 5.58 Å². The van der Waals surface area contributed by atoms with E-state index in [2.05, 4.69) is 25.2 Å². The molecule has 7 nitrogen and oxygen atoms in total. The van der Waals surface area contributed by atoms with Crippen molar-refractivity contribution < 1.29 is 9.21 Å². The van der Waals surface area contributed by atoms with Crippen LogP contribution >= 0.6 is 11.6 Å². The number of carbonyl (C=O) groups excluding carboxylic acids is 1. The maximum Gasteiger partial charge on any atom is 0.298 e. The number of hydrogen-bond acceptors (Lipinski definition) is 5. The number of piperidine rings is 1. The second kappa shape index (κ2) is 7.37. The van der Waals surface area contributed by atoms with Crippen LogP contribution in [0.25, 0.3) is 11.1 Å². The lowest BCUT2D eigenvalue weighted by molar-refractivity contribution is -0.122. The molecular weight excluding hydrogens is 354 g/mol. The number of aromatic nitrogens is 3. The first-order valence-corrected chi connectivity index (χ1v) is 9.11. The maximum atomic E-state index is 12.2. The second-order valence-corrected chi connectivity index (χ2v) is 7.02. The van der Waals surface area contributed by atoms with Gasteiger partial charge in [0.05, 0.1) is 6.54 Å². The van der Waals surface area contributed by atoms with Crippen LogP contribution in [0.1, 0.15) is 25.1 Å². The highest BCUT2D eigenvalue weighted by Gasteiger charge is 2.25. The van der Waals surface area contributed by atoms with Gasteiger partial charge in [-0.2, -0.15) is 4.98 Å². The number of fused-ring (bicyclic) bond motifs is 1. The van der Waals surface area contributed by atoms with Crippen molar-refractivity contribution in [1.29, 1.82) is 0 Å². The van der Waals surface area contributed by atoms with Gasteiger partial charge in [0.2, 0.25) is 5.91 Å². The highest BCUT2D eigenvalue weighted by atomic mass is 35.5. The Hall–Kier alpha value is -2.54. The van der Waals surface area contributed by atoms with Gasteiger partial charge in [0.1, 0.15) is 11.3 Å². The minimum absolute atomic E-state index is 0.0394. The van der Waals surface area contributed by atoms with E-state index in [1.807, 2.05) is 6.07 Å². The molecule has 1 unspecified atom stereocenters. The molecule has 4 rings (SSSR count). The molecular formula is C18H20ClN5O2. The molecule has 3 heterocycles. The fraction of sp³-hybridized carbons (Fsp3) is 0.389. The quantitative estimate of drug-likeness (QED) is 0.717. The Bertz CT molecular complexity index is 892. The Morgan fingerprint density at radius 3 is 3.23 bits per heavy atom. The van der Waals surface area contributed by atoms with Crippen molar-refractivity contribution in [3.8, 4) is 0 Å². The number of hydrogen-bond donors (Lipinski definition) is 2. The highest BCUT2D eigenvalue weighted by Crippen LogP contribution is 2.28. The van der Waals surface area contributed by atoms with Crippen LogP contribution in [-0.2, 0) is 11.3 Å². The molecule has 0 radical (unpaired) electrons. The molecule has 0 aliphatic carbocycles. The van der Waals surface area contributed by atoms with Gasteiger partial charge in [0, 0.05) is 43.0 Å². The SMILES string of the molecule is O=C(CC1CCCN(c2nc3ccc(Cl)cc3o2)C1)NCc1ncc[nH]1. The lowest BCUT2D eigenvalue weighted by atomic mass is 9.94. The smallest absolute Gasteiger partial charge is 0.298 e. The highest BCUT2D eigenvalue weighted by molar-refractivity contribution is 6.31. The summed E-state index contributed by atoms with van der Waals surface area (Å²) in [6.45, 7) is 2.06. The third-order valence-electron chi connectivity index (χ3n) is 4.61. The van der Waals surface area contributed by atoms with Crippen molar-refractivity contribution in [2.75, 3.05) is 18.0 Å². The summed E-state index contributed by atoms with van der Waals surface area (Å²) >= 11 is 6.01. The van der Waals surface area contributed by atoms with Crippen LogP contribution in [0.2, 0.25) is 5.02 Å². The average molecular weight is 374 g/mol. The third kappa shape index (κ3) is 3.83. The Labute approximate surface area is 155 Å². The van der Waals surface area contributed by atoms with Crippen LogP contribution in [-0.4, -0.2) is 33.9 Å². The van der Waals surface area contributed by atoms with Gasteiger partial charge in [-0.25, -0.2) is 4.98 Å². The van der Waals surface area contributed by atoms with E-state index in [0.29, 0.717) is 29.6 Å². The zero-order valence-electron chi connectivity index (χ0n) is 14.2. The summed E-state index contributed by atoms with van der Waals surface area (Å²) in [6, 6.07) is 6.03. The molecule has 8 heteroatoms. The van der Waals surface area contributed by atoms with E-state index in [1.165, 1.54) is 0 Å². The zero-order valence-corrected chi connectivity index (χ0v) is 15.0. The molecule has 1 aliphatic rings. The molecule has 1 atom stereocenters. The summed E-state index contributed by atoms with van der Waals surface area (Å²) in [4.78, 5) is 25.9. The molecule has 0 saturated carbocycles. The van der Waals surface area contributed by atoms with Gasteiger partial charge in [-0.3, -0.25) is 4.79 Å². The number of aromatic amines is 1. The second-order valence-electron chi connectivity index (χ2n) is 6.58. The number of imidazole rings is 1. The molecule has 3 aromatic rings. The fourth-order valence-electron chi connectivity index (χ4n) is 3.34. The molecule has 1 saturated heterocycles. The summed E-state index contributed by atoms with van der Waals surface area (Å²) in [6.07, 6.45) is 5.94. The van der Waals surface area contributed by atoms with Crippen LogP contribution in [0.15, 0.2) is 35.0 Å². The van der Waals surface area contributed by atoms with Crippen molar-refractivity contribution in [2.24, 2.45) is 5.92 Å². The lowest BCUT2D eigenvalue weighted by Gasteiger charge is -2.31. The number of anilines is 1. The van der Waals surface area contributed by atoms with Crippen LogP contribution in [0, 0.1) is 5.92 Å². The van der Waals surface area contributed by atoms with E-state index in [4.69, 9.17) is 16.0 Å². The summed E-state index contributed by atoms with van der Waals surface area (Å²) < 4.78 is 5.86. The number of nitrogens with one attached hydrogen (secondary N) is 2. The van der Waals surface area contributed by atoms with E-state index in [-0.39, 0.29) is 11.8 Å². The summed E-state index contributed by atoms with van der Waals surface area (Å²) in [5.74, 6) is 1.07. The number of oxazole rings is 1. The average Bonchev–Trinajstić information content (AvgIpc) is 3.29. The largest absolute Gasteiger partial charge is 0.423 e. The van der Waals surface area contributed by atoms with Crippen LogP contribution in [0.3, 0.4) is 0 Å². The van der Waals surface area contributed by atoms with Crippen molar-refractivity contribution >= 4 is 34.6 Å².